The van der Waals surface area contributed by atoms with E-state index < -0.39 is 18.1 Å². The fraction of sp³-hybridized carbons (Fsp3) is 0.278. The van der Waals surface area contributed by atoms with Gasteiger partial charge in [-0.1, -0.05) is 30.3 Å². The van der Waals surface area contributed by atoms with E-state index in [4.69, 9.17) is 4.74 Å². The number of ether oxygens (including phenoxy) is 1. The van der Waals surface area contributed by atoms with Crippen LogP contribution < -0.4 is 0 Å². The summed E-state index contributed by atoms with van der Waals surface area (Å²) < 4.78 is 6.10. The van der Waals surface area contributed by atoms with Crippen LogP contribution in [-0.4, -0.2) is 33.1 Å². The molecule has 1 aliphatic rings. The van der Waals surface area contributed by atoms with Crippen LogP contribution in [0.3, 0.4) is 0 Å². The number of hydrogen-bond donors (Lipinski definition) is 1. The largest absolute Gasteiger partial charge is 0.479 e. The Morgan fingerprint density at radius 3 is 2.52 bits per heavy atom. The van der Waals surface area contributed by atoms with E-state index in [9.17, 15) is 14.7 Å². The van der Waals surface area contributed by atoms with Crippen LogP contribution >= 0.6 is 15.9 Å². The van der Waals surface area contributed by atoms with Crippen molar-refractivity contribution in [1.82, 2.24) is 9.88 Å². The smallest absolute Gasteiger partial charge is 0.411 e. The third-order valence-corrected chi connectivity index (χ3v) is 4.37. The van der Waals surface area contributed by atoms with E-state index in [1.54, 1.807) is 12.1 Å². The fourth-order valence-electron chi connectivity index (χ4n) is 2.55. The summed E-state index contributed by atoms with van der Waals surface area (Å²) in [5.74, 6) is -1.13. The van der Waals surface area contributed by atoms with E-state index >= 15 is 0 Å². The quantitative estimate of drug-likeness (QED) is 0.792. The number of carbonyl (C=O) groups excluding carboxylic acids is 1. The summed E-state index contributed by atoms with van der Waals surface area (Å²) in [6.45, 7) is 0.100. The normalized spacial score (nSPS) is 14.6. The van der Waals surface area contributed by atoms with Crippen molar-refractivity contribution in [3.8, 4) is 0 Å². The molecule has 0 bridgehead atoms. The molecule has 1 aromatic heterocycles. The van der Waals surface area contributed by atoms with E-state index in [1.165, 1.54) is 11.1 Å². The van der Waals surface area contributed by atoms with E-state index in [1.807, 2.05) is 30.3 Å². The molecule has 1 heterocycles. The molecule has 0 saturated heterocycles. The highest BCUT2D eigenvalue weighted by Gasteiger charge is 2.43. The summed E-state index contributed by atoms with van der Waals surface area (Å²) in [5.41, 5.74) is 1.15. The lowest BCUT2D eigenvalue weighted by Crippen LogP contribution is -2.41. The summed E-state index contributed by atoms with van der Waals surface area (Å²) >= 11 is 3.27. The molecule has 1 saturated carbocycles. The highest BCUT2D eigenvalue weighted by molar-refractivity contribution is 9.10. The topological polar surface area (TPSA) is 79.7 Å². The third-order valence-electron chi connectivity index (χ3n) is 3.90. The van der Waals surface area contributed by atoms with Gasteiger partial charge in [0.15, 0.2) is 6.04 Å². The van der Waals surface area contributed by atoms with Gasteiger partial charge in [-0.15, -0.1) is 0 Å². The Labute approximate surface area is 153 Å². The van der Waals surface area contributed by atoms with Crippen LogP contribution in [0.2, 0.25) is 0 Å². The average molecular weight is 405 g/mol. The van der Waals surface area contributed by atoms with E-state index in [-0.39, 0.29) is 12.6 Å². The molecule has 1 aromatic carbocycles. The number of aromatic nitrogens is 1. The lowest BCUT2D eigenvalue weighted by Gasteiger charge is -2.28. The van der Waals surface area contributed by atoms with Gasteiger partial charge in [0.1, 0.15) is 6.61 Å². The first-order valence-corrected chi connectivity index (χ1v) is 8.69. The first kappa shape index (κ1) is 17.4. The Bertz CT molecular complexity index is 747. The van der Waals surface area contributed by atoms with Crippen LogP contribution in [0.1, 0.15) is 30.1 Å². The van der Waals surface area contributed by atoms with Crippen LogP contribution in [0.25, 0.3) is 0 Å². The van der Waals surface area contributed by atoms with Crippen molar-refractivity contribution >= 4 is 28.0 Å². The van der Waals surface area contributed by atoms with E-state index in [2.05, 4.69) is 20.9 Å². The molecule has 7 heteroatoms. The molecule has 25 heavy (non-hydrogen) atoms. The SMILES string of the molecule is O=C(O)C(c1ccc(Br)cn1)N(C(=O)OCc1ccccc1)C1CC1. The van der Waals surface area contributed by atoms with Gasteiger partial charge in [0.25, 0.3) is 0 Å². The summed E-state index contributed by atoms with van der Waals surface area (Å²) in [6, 6.07) is 11.3. The lowest BCUT2D eigenvalue weighted by molar-refractivity contribution is -0.143. The van der Waals surface area contributed by atoms with E-state index in [0.717, 1.165) is 22.9 Å². The minimum atomic E-state index is -1.16. The predicted molar refractivity (Wildman–Crippen MR) is 93.8 cm³/mol. The molecule has 2 aromatic rings. The summed E-state index contributed by atoms with van der Waals surface area (Å²) in [7, 11) is 0. The summed E-state index contributed by atoms with van der Waals surface area (Å²) in [4.78, 5) is 29.9. The van der Waals surface area contributed by atoms with Crippen LogP contribution in [0.5, 0.6) is 0 Å². The number of amides is 1. The number of benzene rings is 1. The van der Waals surface area contributed by atoms with Gasteiger partial charge >= 0.3 is 12.1 Å². The Hall–Kier alpha value is -2.41. The summed E-state index contributed by atoms with van der Waals surface area (Å²) in [6.07, 6.45) is 2.41. The molecule has 0 spiro atoms. The first-order valence-electron chi connectivity index (χ1n) is 7.89. The average Bonchev–Trinajstić information content (AvgIpc) is 3.44. The number of carboxylic acids is 1. The predicted octanol–water partition coefficient (Wildman–Crippen LogP) is 3.77. The Kier molecular flexibility index (Phi) is 5.33. The Morgan fingerprint density at radius 1 is 1.24 bits per heavy atom. The highest BCUT2D eigenvalue weighted by atomic mass is 79.9. The molecule has 1 amide bonds. The molecule has 1 atom stereocenters. The van der Waals surface area contributed by atoms with Gasteiger partial charge in [-0.25, -0.2) is 9.59 Å². The molecule has 1 fully saturated rings. The monoisotopic (exact) mass is 404 g/mol. The molecule has 1 unspecified atom stereocenters. The second-order valence-electron chi connectivity index (χ2n) is 5.82. The second-order valence-corrected chi connectivity index (χ2v) is 6.74. The number of halogens is 1. The van der Waals surface area contributed by atoms with Crippen LogP contribution in [-0.2, 0) is 16.1 Å². The first-order chi connectivity index (χ1) is 12.1. The Morgan fingerprint density at radius 2 is 1.96 bits per heavy atom. The van der Waals surface area contributed by atoms with Gasteiger partial charge in [0.05, 0.1) is 5.69 Å². The highest BCUT2D eigenvalue weighted by Crippen LogP contribution is 2.35. The van der Waals surface area contributed by atoms with Crippen LogP contribution in [0.4, 0.5) is 4.79 Å². The second kappa shape index (κ2) is 7.65. The van der Waals surface area contributed by atoms with Gasteiger partial charge in [-0.3, -0.25) is 9.88 Å². The van der Waals surface area contributed by atoms with Crippen molar-refractivity contribution in [2.24, 2.45) is 0 Å². The van der Waals surface area contributed by atoms with Crippen molar-refractivity contribution < 1.29 is 19.4 Å². The van der Waals surface area contributed by atoms with E-state index in [0.29, 0.717) is 5.69 Å². The number of carboxylic acid groups (broad SMARTS) is 1. The molecule has 1 aliphatic carbocycles. The fourth-order valence-corrected chi connectivity index (χ4v) is 2.78. The number of aliphatic carboxylic acids is 1. The van der Waals surface area contributed by atoms with Gasteiger partial charge in [0.2, 0.25) is 0 Å². The lowest BCUT2D eigenvalue weighted by atomic mass is 10.1. The maximum atomic E-state index is 12.6. The molecule has 3 rings (SSSR count). The standard InChI is InChI=1S/C18H17BrN2O4/c19-13-6-9-15(20-10-13)16(17(22)23)21(14-7-8-14)18(24)25-11-12-4-2-1-3-5-12/h1-6,9-10,14,16H,7-8,11H2,(H,22,23). The zero-order valence-electron chi connectivity index (χ0n) is 13.3. The number of hydrogen-bond acceptors (Lipinski definition) is 4. The zero-order chi connectivity index (χ0) is 17.8. The number of rotatable bonds is 6. The molecule has 0 radical (unpaired) electrons. The van der Waals surface area contributed by atoms with Crippen molar-refractivity contribution in [2.75, 3.05) is 0 Å². The molecular formula is C18H17BrN2O4. The number of carbonyl (C=O) groups is 2. The van der Waals surface area contributed by atoms with Crippen molar-refractivity contribution in [1.29, 1.82) is 0 Å². The minimum absolute atomic E-state index is 0.100. The molecule has 1 N–H and O–H groups in total. The Balaban J connectivity index is 1.79. The molecule has 0 aliphatic heterocycles. The molecule has 6 nitrogen and oxygen atoms in total. The van der Waals surface area contributed by atoms with Crippen LogP contribution in [0.15, 0.2) is 53.1 Å². The number of nitrogens with zero attached hydrogens (tertiary/aromatic N) is 2. The van der Waals surface area contributed by atoms with Gasteiger partial charge in [-0.05, 0) is 46.5 Å². The minimum Gasteiger partial charge on any atom is -0.479 e. The van der Waals surface area contributed by atoms with Gasteiger partial charge in [0, 0.05) is 16.7 Å². The number of pyridine rings is 1. The van der Waals surface area contributed by atoms with Crippen molar-refractivity contribution in [3.05, 3.63) is 64.4 Å². The van der Waals surface area contributed by atoms with Crippen molar-refractivity contribution in [3.63, 3.8) is 0 Å². The molecular weight excluding hydrogens is 388 g/mol. The van der Waals surface area contributed by atoms with Crippen LogP contribution in [0, 0.1) is 0 Å². The third kappa shape index (κ3) is 4.36. The zero-order valence-corrected chi connectivity index (χ0v) is 14.9. The van der Waals surface area contributed by atoms with Gasteiger partial charge < -0.3 is 9.84 Å². The maximum absolute atomic E-state index is 12.6. The molecule has 130 valence electrons. The summed E-state index contributed by atoms with van der Waals surface area (Å²) in [5, 5.41) is 9.68. The maximum Gasteiger partial charge on any atom is 0.411 e. The van der Waals surface area contributed by atoms with Crippen molar-refractivity contribution in [2.45, 2.75) is 31.5 Å². The van der Waals surface area contributed by atoms with Gasteiger partial charge in [-0.2, -0.15) is 0 Å².